The molecule has 150 valence electrons. The molecule has 0 spiro atoms. The molecule has 1 heterocycles. The molecule has 1 aliphatic rings. The number of anilines is 1. The molecule has 3 N–H and O–H groups in total. The van der Waals surface area contributed by atoms with Gasteiger partial charge in [0.15, 0.2) is 0 Å². The number of nitrogens with two attached hydrogens (primary N) is 1. The Labute approximate surface area is 165 Å². The van der Waals surface area contributed by atoms with E-state index in [0.29, 0.717) is 38.2 Å². The van der Waals surface area contributed by atoms with Crippen molar-refractivity contribution in [2.75, 3.05) is 25.4 Å². The van der Waals surface area contributed by atoms with Gasteiger partial charge in [-0.2, -0.15) is 4.31 Å². The number of amides is 1. The maximum atomic E-state index is 12.7. The largest absolute Gasteiger partial charge is 0.445 e. The zero-order valence-electron chi connectivity index (χ0n) is 15.6. The molecule has 0 radical (unpaired) electrons. The zero-order chi connectivity index (χ0) is 20.0. The number of benzene rings is 2. The average Bonchev–Trinajstić information content (AvgIpc) is 2.72. The molecular weight excluding hydrogens is 378 g/mol. The summed E-state index contributed by atoms with van der Waals surface area (Å²) < 4.78 is 32.1. The number of sulfonamides is 1. The van der Waals surface area contributed by atoms with E-state index in [1.54, 1.807) is 12.1 Å². The van der Waals surface area contributed by atoms with Crippen LogP contribution in [0.25, 0.3) is 0 Å². The number of piperidine rings is 1. The van der Waals surface area contributed by atoms with Crippen molar-refractivity contribution in [3.05, 3.63) is 60.2 Å². The Hall–Kier alpha value is -2.58. The van der Waals surface area contributed by atoms with Crippen LogP contribution in [0, 0.1) is 5.92 Å². The lowest BCUT2D eigenvalue weighted by Crippen LogP contribution is -2.41. The number of hydrogen-bond acceptors (Lipinski definition) is 5. The third kappa shape index (κ3) is 5.24. The summed E-state index contributed by atoms with van der Waals surface area (Å²) >= 11 is 0. The van der Waals surface area contributed by atoms with Crippen LogP contribution in [0.3, 0.4) is 0 Å². The Morgan fingerprint density at radius 1 is 1.07 bits per heavy atom. The minimum atomic E-state index is -3.51. The molecule has 1 aliphatic heterocycles. The van der Waals surface area contributed by atoms with Crippen LogP contribution in [0.2, 0.25) is 0 Å². The Bertz CT molecular complexity index is 877. The first-order valence-corrected chi connectivity index (χ1v) is 10.7. The van der Waals surface area contributed by atoms with Crippen molar-refractivity contribution in [2.24, 2.45) is 5.92 Å². The molecule has 2 aromatic carbocycles. The van der Waals surface area contributed by atoms with Crippen LogP contribution in [-0.2, 0) is 21.4 Å². The highest BCUT2D eigenvalue weighted by Crippen LogP contribution is 2.24. The standard InChI is InChI=1S/C20H25N3O4S/c21-18-6-8-19(9-7-18)28(25,26)23-12-10-16(11-13-23)14-22-20(24)27-15-17-4-2-1-3-5-17/h1-9,16H,10-15,21H2,(H,22,24). The average molecular weight is 404 g/mol. The molecule has 8 heteroatoms. The number of carbonyl (C=O) groups is 1. The monoisotopic (exact) mass is 403 g/mol. The predicted molar refractivity (Wildman–Crippen MR) is 107 cm³/mol. The molecule has 1 amide bonds. The number of nitrogens with one attached hydrogen (secondary N) is 1. The molecule has 1 saturated heterocycles. The molecule has 0 saturated carbocycles. The highest BCUT2D eigenvalue weighted by Gasteiger charge is 2.29. The second-order valence-electron chi connectivity index (χ2n) is 6.86. The Morgan fingerprint density at radius 2 is 1.71 bits per heavy atom. The van der Waals surface area contributed by atoms with Crippen molar-refractivity contribution in [3.63, 3.8) is 0 Å². The van der Waals surface area contributed by atoms with Crippen molar-refractivity contribution in [1.29, 1.82) is 0 Å². The summed E-state index contributed by atoms with van der Waals surface area (Å²) in [4.78, 5) is 12.1. The number of nitrogens with zero attached hydrogens (tertiary/aromatic N) is 1. The van der Waals surface area contributed by atoms with Gasteiger partial charge < -0.3 is 15.8 Å². The highest BCUT2D eigenvalue weighted by atomic mass is 32.2. The van der Waals surface area contributed by atoms with Crippen molar-refractivity contribution < 1.29 is 17.9 Å². The summed E-state index contributed by atoms with van der Waals surface area (Å²) in [5.74, 6) is 0.224. The summed E-state index contributed by atoms with van der Waals surface area (Å²) in [5, 5.41) is 2.77. The lowest BCUT2D eigenvalue weighted by molar-refractivity contribution is 0.136. The summed E-state index contributed by atoms with van der Waals surface area (Å²) in [5.41, 5.74) is 7.09. The third-order valence-corrected chi connectivity index (χ3v) is 6.75. The molecular formula is C20H25N3O4S. The lowest BCUT2D eigenvalue weighted by atomic mass is 9.98. The fourth-order valence-corrected chi connectivity index (χ4v) is 4.61. The van der Waals surface area contributed by atoms with Crippen LogP contribution < -0.4 is 11.1 Å². The van der Waals surface area contributed by atoms with Gasteiger partial charge in [0.05, 0.1) is 4.90 Å². The lowest BCUT2D eigenvalue weighted by Gasteiger charge is -2.31. The number of hydrogen-bond donors (Lipinski definition) is 2. The van der Waals surface area contributed by atoms with Gasteiger partial charge >= 0.3 is 6.09 Å². The van der Waals surface area contributed by atoms with Crippen LogP contribution in [0.15, 0.2) is 59.5 Å². The molecule has 2 aromatic rings. The van der Waals surface area contributed by atoms with Gasteiger partial charge in [0.25, 0.3) is 0 Å². The fourth-order valence-electron chi connectivity index (χ4n) is 3.14. The maximum absolute atomic E-state index is 12.7. The van der Waals surface area contributed by atoms with E-state index >= 15 is 0 Å². The molecule has 0 aliphatic carbocycles. The fraction of sp³-hybridized carbons (Fsp3) is 0.350. The quantitative estimate of drug-likeness (QED) is 0.722. The van der Waals surface area contributed by atoms with Gasteiger partial charge in [0.1, 0.15) is 6.61 Å². The Kier molecular flexibility index (Phi) is 6.53. The smallest absolute Gasteiger partial charge is 0.407 e. The molecule has 0 unspecified atom stereocenters. The van der Waals surface area contributed by atoms with Crippen LogP contribution in [-0.4, -0.2) is 38.5 Å². The molecule has 28 heavy (non-hydrogen) atoms. The highest BCUT2D eigenvalue weighted by molar-refractivity contribution is 7.89. The van der Waals surface area contributed by atoms with Gasteiger partial charge in [-0.15, -0.1) is 0 Å². The van der Waals surface area contributed by atoms with Crippen LogP contribution >= 0.6 is 0 Å². The topological polar surface area (TPSA) is 102 Å². The Morgan fingerprint density at radius 3 is 2.36 bits per heavy atom. The van der Waals surface area contributed by atoms with Gasteiger partial charge in [0.2, 0.25) is 10.0 Å². The van der Waals surface area contributed by atoms with E-state index in [1.807, 2.05) is 30.3 Å². The number of carbonyl (C=O) groups excluding carboxylic acids is 1. The number of alkyl carbamates (subject to hydrolysis) is 1. The maximum Gasteiger partial charge on any atom is 0.407 e. The van der Waals surface area contributed by atoms with Crippen molar-refractivity contribution >= 4 is 21.8 Å². The van der Waals surface area contributed by atoms with Gasteiger partial charge in [-0.3, -0.25) is 0 Å². The summed E-state index contributed by atoms with van der Waals surface area (Å²) in [7, 11) is -3.51. The molecule has 0 atom stereocenters. The van der Waals surface area contributed by atoms with E-state index < -0.39 is 16.1 Å². The van der Waals surface area contributed by atoms with Gasteiger partial charge in [-0.25, -0.2) is 13.2 Å². The zero-order valence-corrected chi connectivity index (χ0v) is 16.4. The van der Waals surface area contributed by atoms with Gasteiger partial charge in [-0.05, 0) is 48.6 Å². The normalized spacial score (nSPS) is 15.9. The second-order valence-corrected chi connectivity index (χ2v) is 8.80. The molecule has 7 nitrogen and oxygen atoms in total. The van der Waals surface area contributed by atoms with Gasteiger partial charge in [-0.1, -0.05) is 30.3 Å². The minimum Gasteiger partial charge on any atom is -0.445 e. The van der Waals surface area contributed by atoms with Crippen LogP contribution in [0.4, 0.5) is 10.5 Å². The summed E-state index contributed by atoms with van der Waals surface area (Å²) in [6, 6.07) is 15.7. The first kappa shape index (κ1) is 20.2. The van der Waals surface area contributed by atoms with Crippen molar-refractivity contribution in [1.82, 2.24) is 9.62 Å². The number of nitrogen functional groups attached to an aromatic ring is 1. The first-order chi connectivity index (χ1) is 13.4. The van der Waals surface area contributed by atoms with Gasteiger partial charge in [0, 0.05) is 25.3 Å². The molecule has 3 rings (SSSR count). The SMILES string of the molecule is Nc1ccc(S(=O)(=O)N2CCC(CNC(=O)OCc3ccccc3)CC2)cc1. The van der Waals surface area contributed by atoms with E-state index in [9.17, 15) is 13.2 Å². The van der Waals surface area contributed by atoms with E-state index in [4.69, 9.17) is 10.5 Å². The second kappa shape index (κ2) is 9.07. The van der Waals surface area contributed by atoms with E-state index in [1.165, 1.54) is 16.4 Å². The third-order valence-electron chi connectivity index (χ3n) is 4.84. The number of rotatable bonds is 6. The van der Waals surface area contributed by atoms with Crippen LogP contribution in [0.1, 0.15) is 18.4 Å². The Balaban J connectivity index is 1.42. The number of ether oxygens (including phenoxy) is 1. The molecule has 1 fully saturated rings. The van der Waals surface area contributed by atoms with Crippen molar-refractivity contribution in [2.45, 2.75) is 24.3 Å². The van der Waals surface area contributed by atoms with Crippen LogP contribution in [0.5, 0.6) is 0 Å². The summed E-state index contributed by atoms with van der Waals surface area (Å²) in [6.07, 6.45) is 0.918. The van der Waals surface area contributed by atoms with E-state index in [0.717, 1.165) is 5.56 Å². The first-order valence-electron chi connectivity index (χ1n) is 9.25. The predicted octanol–water partition coefficient (Wildman–Crippen LogP) is 2.60. The van der Waals surface area contributed by atoms with E-state index in [2.05, 4.69) is 5.32 Å². The van der Waals surface area contributed by atoms with Crippen molar-refractivity contribution in [3.8, 4) is 0 Å². The molecule has 0 aromatic heterocycles. The van der Waals surface area contributed by atoms with E-state index in [-0.39, 0.29) is 17.4 Å². The minimum absolute atomic E-state index is 0.224. The molecule has 0 bridgehead atoms. The summed E-state index contributed by atoms with van der Waals surface area (Å²) in [6.45, 7) is 1.56.